The summed E-state index contributed by atoms with van der Waals surface area (Å²) in [4.78, 5) is 17.6. The second-order valence-electron chi connectivity index (χ2n) is 5.19. The lowest BCUT2D eigenvalue weighted by atomic mass is 10.2. The third-order valence-corrected chi connectivity index (χ3v) is 3.00. The number of carbonyl (C=O) groups excluding carboxylic acids is 1. The number of pyridine rings is 1. The van der Waals surface area contributed by atoms with Gasteiger partial charge in [0, 0.05) is 19.6 Å². The van der Waals surface area contributed by atoms with Gasteiger partial charge in [-0.25, -0.2) is 4.98 Å². The minimum absolute atomic E-state index is 0.210. The molecule has 3 N–H and O–H groups in total. The van der Waals surface area contributed by atoms with Crippen molar-refractivity contribution in [1.82, 2.24) is 9.88 Å². The van der Waals surface area contributed by atoms with Crippen molar-refractivity contribution in [3.63, 3.8) is 0 Å². The Bertz CT molecular complexity index is 451. The van der Waals surface area contributed by atoms with Crippen LogP contribution >= 0.6 is 11.6 Å². The number of anilines is 1. The number of nitrogens with two attached hydrogens (primary N) is 1. The molecule has 1 rings (SSSR count). The van der Waals surface area contributed by atoms with E-state index < -0.39 is 0 Å². The Morgan fingerprint density at radius 3 is 2.75 bits per heavy atom. The van der Waals surface area contributed by atoms with Crippen LogP contribution in [0.3, 0.4) is 0 Å². The van der Waals surface area contributed by atoms with Crippen LogP contribution in [0.25, 0.3) is 0 Å². The van der Waals surface area contributed by atoms with Crippen molar-refractivity contribution in [2.45, 2.75) is 27.3 Å². The van der Waals surface area contributed by atoms with Crippen molar-refractivity contribution < 1.29 is 4.79 Å². The number of aromatic nitrogens is 1. The van der Waals surface area contributed by atoms with Gasteiger partial charge in [0.15, 0.2) is 0 Å². The van der Waals surface area contributed by atoms with Gasteiger partial charge in [-0.15, -0.1) is 0 Å². The quantitative estimate of drug-likeness (QED) is 0.771. The summed E-state index contributed by atoms with van der Waals surface area (Å²) in [7, 11) is 0. The molecule has 0 fully saturated rings. The maximum atomic E-state index is 11.2. The van der Waals surface area contributed by atoms with E-state index in [1.165, 1.54) is 0 Å². The van der Waals surface area contributed by atoms with Gasteiger partial charge in [-0.1, -0.05) is 25.4 Å². The average molecular weight is 299 g/mol. The van der Waals surface area contributed by atoms with Crippen LogP contribution in [-0.4, -0.2) is 35.4 Å². The highest BCUT2D eigenvalue weighted by Gasteiger charge is 2.14. The smallest absolute Gasteiger partial charge is 0.231 e. The van der Waals surface area contributed by atoms with Crippen molar-refractivity contribution in [3.8, 4) is 0 Å². The summed E-state index contributed by atoms with van der Waals surface area (Å²) in [6.07, 6.45) is 0. The predicted octanol–water partition coefficient (Wildman–Crippen LogP) is 2.11. The van der Waals surface area contributed by atoms with Crippen molar-refractivity contribution in [2.75, 3.05) is 25.0 Å². The number of hydrogen-bond donors (Lipinski definition) is 2. The van der Waals surface area contributed by atoms with E-state index in [0.717, 1.165) is 24.6 Å². The Labute approximate surface area is 125 Å². The van der Waals surface area contributed by atoms with Crippen LogP contribution in [0, 0.1) is 5.92 Å². The molecule has 1 amide bonds. The maximum Gasteiger partial charge on any atom is 0.231 e. The Balaban J connectivity index is 2.85. The molecule has 0 spiro atoms. The number of halogens is 1. The van der Waals surface area contributed by atoms with Crippen LogP contribution in [0.1, 0.15) is 26.5 Å². The third kappa shape index (κ3) is 5.75. The summed E-state index contributed by atoms with van der Waals surface area (Å²) in [5, 5.41) is 3.75. The Hall–Kier alpha value is -1.33. The zero-order chi connectivity index (χ0) is 15.1. The fourth-order valence-electron chi connectivity index (χ4n) is 2.01. The molecule has 112 valence electrons. The first kappa shape index (κ1) is 16.7. The summed E-state index contributed by atoms with van der Waals surface area (Å²) in [5.74, 6) is 0.880. The topological polar surface area (TPSA) is 71.2 Å². The SMILES string of the molecule is CCNc1ccc(Cl)c(CN(CC(N)=O)CC(C)C)n1. The number of rotatable bonds is 8. The number of carbonyl (C=O) groups is 1. The van der Waals surface area contributed by atoms with Gasteiger partial charge in [-0.2, -0.15) is 0 Å². The van der Waals surface area contributed by atoms with Crippen LogP contribution < -0.4 is 11.1 Å². The van der Waals surface area contributed by atoms with Gasteiger partial charge in [-0.05, 0) is 25.0 Å². The second kappa shape index (κ2) is 8.07. The first-order valence-electron chi connectivity index (χ1n) is 6.82. The Morgan fingerprint density at radius 1 is 1.50 bits per heavy atom. The molecule has 0 aliphatic carbocycles. The van der Waals surface area contributed by atoms with E-state index in [-0.39, 0.29) is 12.5 Å². The van der Waals surface area contributed by atoms with Crippen LogP contribution in [0.2, 0.25) is 5.02 Å². The number of amides is 1. The molecule has 5 nitrogen and oxygen atoms in total. The van der Waals surface area contributed by atoms with Crippen LogP contribution in [0.4, 0.5) is 5.82 Å². The van der Waals surface area contributed by atoms with Crippen molar-refractivity contribution in [3.05, 3.63) is 22.8 Å². The van der Waals surface area contributed by atoms with Crippen molar-refractivity contribution in [1.29, 1.82) is 0 Å². The van der Waals surface area contributed by atoms with E-state index in [0.29, 0.717) is 17.5 Å². The number of primary amides is 1. The normalized spacial score (nSPS) is 11.1. The van der Waals surface area contributed by atoms with Crippen molar-refractivity contribution in [2.24, 2.45) is 11.7 Å². The molecule has 0 unspecified atom stereocenters. The lowest BCUT2D eigenvalue weighted by Crippen LogP contribution is -2.36. The molecule has 0 saturated carbocycles. The van der Waals surface area contributed by atoms with Gasteiger partial charge >= 0.3 is 0 Å². The highest BCUT2D eigenvalue weighted by Crippen LogP contribution is 2.19. The molecule has 0 atom stereocenters. The minimum atomic E-state index is -0.343. The lowest BCUT2D eigenvalue weighted by molar-refractivity contribution is -0.119. The molecule has 6 heteroatoms. The predicted molar refractivity (Wildman–Crippen MR) is 82.7 cm³/mol. The number of nitrogens with one attached hydrogen (secondary N) is 1. The summed E-state index contributed by atoms with van der Waals surface area (Å²) < 4.78 is 0. The molecule has 0 aliphatic heterocycles. The summed E-state index contributed by atoms with van der Waals surface area (Å²) in [6, 6.07) is 3.66. The summed E-state index contributed by atoms with van der Waals surface area (Å²) in [6.45, 7) is 8.49. The standard InChI is InChI=1S/C14H23ClN4O/c1-4-17-14-6-5-11(15)12(18-14)8-19(7-10(2)3)9-13(16)20/h5-6,10H,4,7-9H2,1-3H3,(H2,16,20)(H,17,18). The van der Waals surface area contributed by atoms with E-state index in [1.807, 2.05) is 24.0 Å². The van der Waals surface area contributed by atoms with Gasteiger partial charge in [-0.3, -0.25) is 9.69 Å². The lowest BCUT2D eigenvalue weighted by Gasteiger charge is -2.23. The van der Waals surface area contributed by atoms with E-state index in [2.05, 4.69) is 24.1 Å². The van der Waals surface area contributed by atoms with Gasteiger partial charge in [0.25, 0.3) is 0 Å². The van der Waals surface area contributed by atoms with Crippen LogP contribution in [0.15, 0.2) is 12.1 Å². The van der Waals surface area contributed by atoms with Gasteiger partial charge < -0.3 is 11.1 Å². The molecule has 20 heavy (non-hydrogen) atoms. The van der Waals surface area contributed by atoms with Crippen LogP contribution in [-0.2, 0) is 11.3 Å². The molecule has 0 saturated heterocycles. The third-order valence-electron chi connectivity index (χ3n) is 2.65. The second-order valence-corrected chi connectivity index (χ2v) is 5.59. The molecule has 1 aromatic rings. The molecular weight excluding hydrogens is 276 g/mol. The number of hydrogen-bond acceptors (Lipinski definition) is 4. The van der Waals surface area contributed by atoms with E-state index in [1.54, 1.807) is 0 Å². The van der Waals surface area contributed by atoms with Gasteiger partial charge in [0.2, 0.25) is 5.91 Å². The average Bonchev–Trinajstić information content (AvgIpc) is 2.32. The summed E-state index contributed by atoms with van der Waals surface area (Å²) in [5.41, 5.74) is 6.05. The van der Waals surface area contributed by atoms with Crippen molar-refractivity contribution >= 4 is 23.3 Å². The largest absolute Gasteiger partial charge is 0.370 e. The Kier molecular flexibility index (Phi) is 6.75. The molecule has 0 bridgehead atoms. The molecular formula is C14H23ClN4O. The van der Waals surface area contributed by atoms with Crippen LogP contribution in [0.5, 0.6) is 0 Å². The fraction of sp³-hybridized carbons (Fsp3) is 0.571. The summed E-state index contributed by atoms with van der Waals surface area (Å²) >= 11 is 6.18. The minimum Gasteiger partial charge on any atom is -0.370 e. The van der Waals surface area contributed by atoms with Gasteiger partial charge in [0.05, 0.1) is 17.3 Å². The maximum absolute atomic E-state index is 11.2. The van der Waals surface area contributed by atoms with Gasteiger partial charge in [0.1, 0.15) is 5.82 Å². The molecule has 1 heterocycles. The number of nitrogens with zero attached hydrogens (tertiary/aromatic N) is 2. The Morgan fingerprint density at radius 2 is 2.20 bits per heavy atom. The van der Waals surface area contributed by atoms with E-state index in [4.69, 9.17) is 17.3 Å². The first-order valence-corrected chi connectivity index (χ1v) is 7.20. The monoisotopic (exact) mass is 298 g/mol. The zero-order valence-electron chi connectivity index (χ0n) is 12.3. The molecule has 0 radical (unpaired) electrons. The molecule has 0 aliphatic rings. The molecule has 0 aromatic carbocycles. The molecule has 1 aromatic heterocycles. The van der Waals surface area contributed by atoms with E-state index in [9.17, 15) is 4.79 Å². The first-order chi connectivity index (χ1) is 9.42. The van der Waals surface area contributed by atoms with E-state index >= 15 is 0 Å². The fourth-order valence-corrected chi connectivity index (χ4v) is 2.17. The zero-order valence-corrected chi connectivity index (χ0v) is 13.1. The highest BCUT2D eigenvalue weighted by molar-refractivity contribution is 6.31. The highest BCUT2D eigenvalue weighted by atomic mass is 35.5.